The van der Waals surface area contributed by atoms with Crippen molar-refractivity contribution in [1.82, 2.24) is 9.88 Å². The molecule has 0 aliphatic carbocycles. The van der Waals surface area contributed by atoms with Crippen molar-refractivity contribution in [3.8, 4) is 5.75 Å². The Balaban J connectivity index is 1.26. The minimum Gasteiger partial charge on any atom is -0.486 e. The summed E-state index contributed by atoms with van der Waals surface area (Å²) in [6, 6.07) is 16.5. The Morgan fingerprint density at radius 2 is 1.80 bits per heavy atom. The number of piperazine rings is 1. The SMILES string of the molecule is Cc1ccc(OCc2nc(CC(=O)N3CCN(c4cccc(C)c4)CC3)cs2)cc1. The van der Waals surface area contributed by atoms with Gasteiger partial charge in [0.05, 0.1) is 12.1 Å². The number of ether oxygens (including phenoxy) is 1. The lowest BCUT2D eigenvalue weighted by Crippen LogP contribution is -2.49. The highest BCUT2D eigenvalue weighted by Gasteiger charge is 2.22. The van der Waals surface area contributed by atoms with Gasteiger partial charge in [0.15, 0.2) is 0 Å². The van der Waals surface area contributed by atoms with Crippen LogP contribution in [0.1, 0.15) is 21.8 Å². The van der Waals surface area contributed by atoms with Gasteiger partial charge < -0.3 is 14.5 Å². The molecule has 1 aliphatic heterocycles. The zero-order chi connectivity index (χ0) is 20.9. The predicted octanol–water partition coefficient (Wildman–Crippen LogP) is 4.23. The van der Waals surface area contributed by atoms with Crippen LogP contribution in [0.25, 0.3) is 0 Å². The van der Waals surface area contributed by atoms with Crippen LogP contribution in [0, 0.1) is 13.8 Å². The molecule has 0 spiro atoms. The quantitative estimate of drug-likeness (QED) is 0.598. The summed E-state index contributed by atoms with van der Waals surface area (Å²) in [5, 5.41) is 2.86. The second-order valence-corrected chi connectivity index (χ2v) is 8.66. The topological polar surface area (TPSA) is 45.7 Å². The third-order valence-corrected chi connectivity index (χ3v) is 6.19. The second-order valence-electron chi connectivity index (χ2n) is 7.72. The van der Waals surface area contributed by atoms with Crippen LogP contribution in [0.4, 0.5) is 5.69 Å². The minimum absolute atomic E-state index is 0.148. The molecule has 1 aliphatic rings. The Bertz CT molecular complexity index is 992. The van der Waals surface area contributed by atoms with E-state index in [1.807, 2.05) is 34.5 Å². The number of rotatable bonds is 6. The van der Waals surface area contributed by atoms with E-state index in [1.165, 1.54) is 16.8 Å². The van der Waals surface area contributed by atoms with Crippen LogP contribution in [0.5, 0.6) is 5.75 Å². The van der Waals surface area contributed by atoms with Crippen molar-refractivity contribution < 1.29 is 9.53 Å². The van der Waals surface area contributed by atoms with E-state index in [4.69, 9.17) is 4.74 Å². The summed E-state index contributed by atoms with van der Waals surface area (Å²) in [4.78, 5) is 21.6. The number of carbonyl (C=O) groups is 1. The molecule has 1 fully saturated rings. The molecule has 5 nitrogen and oxygen atoms in total. The van der Waals surface area contributed by atoms with Crippen molar-refractivity contribution in [2.75, 3.05) is 31.1 Å². The van der Waals surface area contributed by atoms with Crippen LogP contribution in [0.15, 0.2) is 53.9 Å². The Labute approximate surface area is 181 Å². The first-order valence-electron chi connectivity index (χ1n) is 10.3. The van der Waals surface area contributed by atoms with Gasteiger partial charge in [-0.25, -0.2) is 4.98 Å². The highest BCUT2D eigenvalue weighted by molar-refractivity contribution is 7.09. The molecule has 1 saturated heterocycles. The molecule has 0 unspecified atom stereocenters. The fourth-order valence-electron chi connectivity index (χ4n) is 3.58. The van der Waals surface area contributed by atoms with E-state index in [-0.39, 0.29) is 5.91 Å². The maximum atomic E-state index is 12.7. The number of anilines is 1. The van der Waals surface area contributed by atoms with Crippen LogP contribution in [-0.4, -0.2) is 42.0 Å². The lowest BCUT2D eigenvalue weighted by molar-refractivity contribution is -0.130. The molecule has 1 aromatic heterocycles. The molecule has 30 heavy (non-hydrogen) atoms. The van der Waals surface area contributed by atoms with Crippen LogP contribution < -0.4 is 9.64 Å². The second kappa shape index (κ2) is 9.30. The summed E-state index contributed by atoms with van der Waals surface area (Å²) >= 11 is 1.54. The summed E-state index contributed by atoms with van der Waals surface area (Å²) in [6.45, 7) is 7.81. The molecule has 3 aromatic rings. The fourth-order valence-corrected chi connectivity index (χ4v) is 4.29. The Morgan fingerprint density at radius 3 is 2.53 bits per heavy atom. The van der Waals surface area contributed by atoms with Gasteiger partial charge in [0.1, 0.15) is 17.4 Å². The molecule has 0 radical (unpaired) electrons. The van der Waals surface area contributed by atoms with Gasteiger partial charge in [0.25, 0.3) is 0 Å². The molecule has 2 heterocycles. The number of benzene rings is 2. The first-order chi connectivity index (χ1) is 14.6. The van der Waals surface area contributed by atoms with E-state index < -0.39 is 0 Å². The van der Waals surface area contributed by atoms with Crippen molar-refractivity contribution in [1.29, 1.82) is 0 Å². The Kier molecular flexibility index (Phi) is 6.33. The third kappa shape index (κ3) is 5.19. The normalized spacial score (nSPS) is 14.1. The van der Waals surface area contributed by atoms with Crippen LogP contribution in [-0.2, 0) is 17.8 Å². The van der Waals surface area contributed by atoms with Crippen molar-refractivity contribution in [3.05, 3.63) is 75.7 Å². The zero-order valence-electron chi connectivity index (χ0n) is 17.5. The average Bonchev–Trinajstić information content (AvgIpc) is 3.21. The predicted molar refractivity (Wildman–Crippen MR) is 121 cm³/mol. The van der Waals surface area contributed by atoms with E-state index in [2.05, 4.69) is 48.0 Å². The van der Waals surface area contributed by atoms with Crippen molar-refractivity contribution in [2.24, 2.45) is 0 Å². The van der Waals surface area contributed by atoms with Gasteiger partial charge in [-0.15, -0.1) is 11.3 Å². The van der Waals surface area contributed by atoms with E-state index in [0.717, 1.165) is 42.6 Å². The van der Waals surface area contributed by atoms with E-state index in [1.54, 1.807) is 11.3 Å². The molecule has 156 valence electrons. The van der Waals surface area contributed by atoms with Crippen molar-refractivity contribution >= 4 is 22.9 Å². The van der Waals surface area contributed by atoms with Crippen LogP contribution >= 0.6 is 11.3 Å². The van der Waals surface area contributed by atoms with Gasteiger partial charge in [-0.2, -0.15) is 0 Å². The number of thiazole rings is 1. The smallest absolute Gasteiger partial charge is 0.228 e. The molecular weight excluding hydrogens is 394 g/mol. The largest absolute Gasteiger partial charge is 0.486 e. The fraction of sp³-hybridized carbons (Fsp3) is 0.333. The summed E-state index contributed by atoms with van der Waals surface area (Å²) in [5.74, 6) is 0.982. The first-order valence-corrected chi connectivity index (χ1v) is 11.2. The number of hydrogen-bond donors (Lipinski definition) is 0. The van der Waals surface area contributed by atoms with E-state index in [0.29, 0.717) is 13.0 Å². The summed E-state index contributed by atoms with van der Waals surface area (Å²) in [6.07, 6.45) is 0.353. The molecule has 6 heteroatoms. The maximum absolute atomic E-state index is 12.7. The van der Waals surface area contributed by atoms with Gasteiger partial charge in [0, 0.05) is 37.2 Å². The first kappa shape index (κ1) is 20.4. The molecule has 0 N–H and O–H groups in total. The van der Waals surface area contributed by atoms with E-state index in [9.17, 15) is 4.79 Å². The van der Waals surface area contributed by atoms with Crippen molar-refractivity contribution in [3.63, 3.8) is 0 Å². The molecule has 4 rings (SSSR count). The number of aryl methyl sites for hydroxylation is 2. The average molecular weight is 422 g/mol. The van der Waals surface area contributed by atoms with Crippen LogP contribution in [0.3, 0.4) is 0 Å². The summed E-state index contributed by atoms with van der Waals surface area (Å²) < 4.78 is 5.79. The Morgan fingerprint density at radius 1 is 1.03 bits per heavy atom. The molecule has 1 amide bonds. The van der Waals surface area contributed by atoms with Gasteiger partial charge in [-0.3, -0.25) is 4.79 Å². The maximum Gasteiger partial charge on any atom is 0.228 e. The number of nitrogens with zero attached hydrogens (tertiary/aromatic N) is 3. The Hall–Kier alpha value is -2.86. The summed E-state index contributed by atoms with van der Waals surface area (Å²) in [7, 11) is 0. The lowest BCUT2D eigenvalue weighted by atomic mass is 10.2. The molecule has 2 aromatic carbocycles. The highest BCUT2D eigenvalue weighted by Crippen LogP contribution is 2.19. The van der Waals surface area contributed by atoms with Crippen molar-refractivity contribution in [2.45, 2.75) is 26.9 Å². The van der Waals surface area contributed by atoms with E-state index >= 15 is 0 Å². The number of hydrogen-bond acceptors (Lipinski definition) is 5. The zero-order valence-corrected chi connectivity index (χ0v) is 18.3. The van der Waals surface area contributed by atoms with Gasteiger partial charge >= 0.3 is 0 Å². The minimum atomic E-state index is 0.148. The monoisotopic (exact) mass is 421 g/mol. The van der Waals surface area contributed by atoms with Gasteiger partial charge in [-0.05, 0) is 43.7 Å². The van der Waals surface area contributed by atoms with Gasteiger partial charge in [-0.1, -0.05) is 29.8 Å². The standard InChI is InChI=1S/C24H27N3O2S/c1-18-6-8-22(9-7-18)29-16-23-25-20(17-30-23)15-24(28)27-12-10-26(11-13-27)21-5-3-4-19(2)14-21/h3-9,14,17H,10-13,15-16H2,1-2H3. The molecule has 0 saturated carbocycles. The molecule has 0 atom stereocenters. The lowest BCUT2D eigenvalue weighted by Gasteiger charge is -2.36. The summed E-state index contributed by atoms with van der Waals surface area (Å²) in [5.41, 5.74) is 4.53. The molecule has 0 bridgehead atoms. The number of amides is 1. The number of aromatic nitrogens is 1. The van der Waals surface area contributed by atoms with Crippen LogP contribution in [0.2, 0.25) is 0 Å². The highest BCUT2D eigenvalue weighted by atomic mass is 32.1. The van der Waals surface area contributed by atoms with Gasteiger partial charge in [0.2, 0.25) is 5.91 Å². The third-order valence-electron chi connectivity index (χ3n) is 5.31. The molecular formula is C24H27N3O2S. The number of carbonyl (C=O) groups excluding carboxylic acids is 1.